The zero-order valence-corrected chi connectivity index (χ0v) is 13.6. The normalized spacial score (nSPS) is 24.0. The Morgan fingerprint density at radius 2 is 2.17 bits per heavy atom. The predicted octanol–water partition coefficient (Wildman–Crippen LogP) is 1.29. The molecule has 0 aromatic heterocycles. The lowest BCUT2D eigenvalue weighted by Gasteiger charge is -2.45. The summed E-state index contributed by atoms with van der Waals surface area (Å²) in [4.78, 5) is 15.3. The van der Waals surface area contributed by atoms with Crippen molar-refractivity contribution in [2.45, 2.75) is 31.4 Å². The van der Waals surface area contributed by atoms with Crippen molar-refractivity contribution in [2.24, 2.45) is 0 Å². The fourth-order valence-corrected chi connectivity index (χ4v) is 3.33. The van der Waals surface area contributed by atoms with Gasteiger partial charge in [0, 0.05) is 31.6 Å². The van der Waals surface area contributed by atoms with Gasteiger partial charge in [0.2, 0.25) is 0 Å². The van der Waals surface area contributed by atoms with Crippen LogP contribution >= 0.6 is 0 Å². The molecule has 3 rings (SSSR count). The number of nitrogens with zero attached hydrogens (tertiary/aromatic N) is 2. The van der Waals surface area contributed by atoms with Gasteiger partial charge in [0.25, 0.3) is 11.8 Å². The number of hydrogen-bond donors (Lipinski definition) is 1. The molecule has 2 aliphatic heterocycles. The van der Waals surface area contributed by atoms with E-state index in [0.717, 1.165) is 5.56 Å². The maximum Gasteiger partial charge on any atom is 0.262 e. The summed E-state index contributed by atoms with van der Waals surface area (Å²) >= 11 is 0. The maximum atomic E-state index is 13.5. The van der Waals surface area contributed by atoms with E-state index in [-0.39, 0.29) is 38.1 Å². The molecule has 1 aromatic rings. The van der Waals surface area contributed by atoms with Gasteiger partial charge in [0.15, 0.2) is 6.61 Å². The average Bonchev–Trinajstić information content (AvgIpc) is 2.78. The molecule has 0 spiro atoms. The Morgan fingerprint density at radius 3 is 2.83 bits per heavy atom. The fraction of sp³-hybridized carbons (Fsp3) is 0.588. The maximum absolute atomic E-state index is 13.5. The lowest BCUT2D eigenvalue weighted by molar-refractivity contribution is -0.141. The van der Waals surface area contributed by atoms with E-state index in [4.69, 9.17) is 4.74 Å². The Balaban J connectivity index is 1.47. The van der Waals surface area contributed by atoms with Crippen LogP contribution < -0.4 is 4.74 Å². The van der Waals surface area contributed by atoms with Gasteiger partial charge in [-0.05, 0) is 24.6 Å². The molecule has 2 aliphatic rings. The number of alkyl halides is 2. The van der Waals surface area contributed by atoms with E-state index in [1.54, 1.807) is 15.9 Å². The van der Waals surface area contributed by atoms with Gasteiger partial charge < -0.3 is 14.7 Å². The van der Waals surface area contributed by atoms with Crippen LogP contribution in [0.2, 0.25) is 0 Å². The largest absolute Gasteiger partial charge is 0.484 e. The van der Waals surface area contributed by atoms with Gasteiger partial charge in [0.1, 0.15) is 5.75 Å². The fourth-order valence-electron chi connectivity index (χ4n) is 3.33. The summed E-state index contributed by atoms with van der Waals surface area (Å²) in [6.45, 7) is 2.07. The SMILES string of the molecule is Cc1cccc(OCC(=O)N2CC(N3CC(F)(F)C[C@H]3CO)C2)c1. The van der Waals surface area contributed by atoms with Crippen molar-refractivity contribution in [1.29, 1.82) is 0 Å². The predicted molar refractivity (Wildman–Crippen MR) is 84.2 cm³/mol. The molecular weight excluding hydrogens is 318 g/mol. The summed E-state index contributed by atoms with van der Waals surface area (Å²) in [5.41, 5.74) is 1.05. The third-order valence-electron chi connectivity index (χ3n) is 4.66. The lowest BCUT2D eigenvalue weighted by atomic mass is 10.1. The Hall–Kier alpha value is -1.73. The average molecular weight is 340 g/mol. The molecule has 1 aromatic carbocycles. The first-order valence-corrected chi connectivity index (χ1v) is 8.09. The quantitative estimate of drug-likeness (QED) is 0.878. The van der Waals surface area contributed by atoms with Crippen molar-refractivity contribution in [2.75, 3.05) is 32.8 Å². The summed E-state index contributed by atoms with van der Waals surface area (Å²) in [7, 11) is 0. The second-order valence-corrected chi connectivity index (χ2v) is 6.63. The number of likely N-dealkylation sites (tertiary alicyclic amines) is 2. The van der Waals surface area contributed by atoms with Crippen LogP contribution in [-0.2, 0) is 4.79 Å². The molecule has 0 unspecified atom stereocenters. The van der Waals surface area contributed by atoms with Gasteiger partial charge in [-0.2, -0.15) is 0 Å². The minimum Gasteiger partial charge on any atom is -0.484 e. The summed E-state index contributed by atoms with van der Waals surface area (Å²) in [5.74, 6) is -2.27. The molecular formula is C17H22F2N2O3. The summed E-state index contributed by atoms with van der Waals surface area (Å²) < 4.78 is 32.5. The molecule has 5 nitrogen and oxygen atoms in total. The Kier molecular flexibility index (Phi) is 4.73. The Bertz CT molecular complexity index is 605. The molecule has 0 aliphatic carbocycles. The molecule has 132 valence electrons. The third-order valence-corrected chi connectivity index (χ3v) is 4.66. The zero-order chi connectivity index (χ0) is 17.3. The van der Waals surface area contributed by atoms with Gasteiger partial charge in [-0.1, -0.05) is 12.1 Å². The van der Waals surface area contributed by atoms with E-state index in [9.17, 15) is 18.7 Å². The van der Waals surface area contributed by atoms with Gasteiger partial charge in [-0.15, -0.1) is 0 Å². The lowest BCUT2D eigenvalue weighted by Crippen LogP contribution is -2.63. The minimum atomic E-state index is -2.76. The first-order valence-electron chi connectivity index (χ1n) is 8.09. The monoisotopic (exact) mass is 340 g/mol. The van der Waals surface area contributed by atoms with Crippen LogP contribution in [0.4, 0.5) is 8.78 Å². The van der Waals surface area contributed by atoms with E-state index in [0.29, 0.717) is 18.8 Å². The molecule has 2 fully saturated rings. The van der Waals surface area contributed by atoms with Crippen LogP contribution in [0.3, 0.4) is 0 Å². The topological polar surface area (TPSA) is 53.0 Å². The summed E-state index contributed by atoms with van der Waals surface area (Å²) in [6.07, 6.45) is -0.315. The number of hydrogen-bond acceptors (Lipinski definition) is 4. The van der Waals surface area contributed by atoms with Crippen molar-refractivity contribution < 1.29 is 23.4 Å². The highest BCUT2D eigenvalue weighted by Gasteiger charge is 2.49. The standard InChI is InChI=1S/C17H22F2N2O3/c1-12-3-2-4-15(5-12)24-10-16(23)20-7-14(8-20)21-11-17(18,19)6-13(21)9-22/h2-5,13-14,22H,6-11H2,1H3/t13-/m0/s1. The first kappa shape index (κ1) is 17.1. The zero-order valence-electron chi connectivity index (χ0n) is 13.6. The number of aliphatic hydroxyl groups excluding tert-OH is 1. The van der Waals surface area contributed by atoms with Crippen LogP contribution in [0.5, 0.6) is 5.75 Å². The number of ether oxygens (including phenoxy) is 1. The number of rotatable bonds is 5. The van der Waals surface area contributed by atoms with E-state index < -0.39 is 12.0 Å². The Labute approximate surface area is 139 Å². The Morgan fingerprint density at radius 1 is 1.42 bits per heavy atom. The smallest absolute Gasteiger partial charge is 0.262 e. The minimum absolute atomic E-state index is 0.0598. The van der Waals surface area contributed by atoms with Crippen LogP contribution in [0.25, 0.3) is 0 Å². The number of carbonyl (C=O) groups is 1. The van der Waals surface area contributed by atoms with Crippen molar-refractivity contribution in [3.8, 4) is 5.75 Å². The number of benzene rings is 1. The second-order valence-electron chi connectivity index (χ2n) is 6.63. The highest BCUT2D eigenvalue weighted by Crippen LogP contribution is 2.35. The molecule has 24 heavy (non-hydrogen) atoms. The number of aryl methyl sites for hydroxylation is 1. The number of halogens is 2. The van der Waals surface area contributed by atoms with Gasteiger partial charge in [-0.25, -0.2) is 8.78 Å². The highest BCUT2D eigenvalue weighted by atomic mass is 19.3. The van der Waals surface area contributed by atoms with E-state index in [1.807, 2.05) is 25.1 Å². The second kappa shape index (κ2) is 6.64. The van der Waals surface area contributed by atoms with Gasteiger partial charge in [-0.3, -0.25) is 9.69 Å². The highest BCUT2D eigenvalue weighted by molar-refractivity contribution is 5.78. The van der Waals surface area contributed by atoms with Crippen molar-refractivity contribution >= 4 is 5.91 Å². The number of aliphatic hydroxyl groups is 1. The van der Waals surface area contributed by atoms with Gasteiger partial charge in [0.05, 0.1) is 13.2 Å². The molecule has 2 heterocycles. The first-order chi connectivity index (χ1) is 11.4. The molecule has 0 saturated carbocycles. The summed E-state index contributed by atoms with van der Waals surface area (Å²) in [5, 5.41) is 9.27. The summed E-state index contributed by atoms with van der Waals surface area (Å²) in [6, 6.07) is 6.81. The molecule has 1 amide bonds. The van der Waals surface area contributed by atoms with Crippen molar-refractivity contribution in [3.63, 3.8) is 0 Å². The molecule has 1 atom stereocenters. The third kappa shape index (κ3) is 3.67. The molecule has 2 saturated heterocycles. The number of amides is 1. The van der Waals surface area contributed by atoms with Crippen LogP contribution in [0.15, 0.2) is 24.3 Å². The van der Waals surface area contributed by atoms with Crippen LogP contribution in [0.1, 0.15) is 12.0 Å². The van der Waals surface area contributed by atoms with E-state index in [2.05, 4.69) is 0 Å². The molecule has 0 radical (unpaired) electrons. The van der Waals surface area contributed by atoms with Crippen LogP contribution in [0, 0.1) is 6.92 Å². The van der Waals surface area contributed by atoms with E-state index in [1.165, 1.54) is 0 Å². The van der Waals surface area contributed by atoms with E-state index >= 15 is 0 Å². The van der Waals surface area contributed by atoms with Crippen molar-refractivity contribution in [3.05, 3.63) is 29.8 Å². The van der Waals surface area contributed by atoms with Gasteiger partial charge >= 0.3 is 0 Å². The van der Waals surface area contributed by atoms with Crippen LogP contribution in [-0.4, -0.2) is 71.7 Å². The number of carbonyl (C=O) groups excluding carboxylic acids is 1. The van der Waals surface area contributed by atoms with Crippen molar-refractivity contribution in [1.82, 2.24) is 9.80 Å². The molecule has 0 bridgehead atoms. The molecule has 7 heteroatoms. The molecule has 1 N–H and O–H groups in total.